The molecule has 0 bridgehead atoms. The Morgan fingerprint density at radius 1 is 1.03 bits per heavy atom. The third-order valence-corrected chi connectivity index (χ3v) is 8.12. The van der Waals surface area contributed by atoms with Crippen LogP contribution < -0.4 is 14.8 Å². The lowest BCUT2D eigenvalue weighted by molar-refractivity contribution is 0.304. The molecule has 10 nitrogen and oxygen atoms in total. The SMILES string of the molecule is COc1ccc(Nc2nc3ccc(S(=O)(=O)NC4CCC(c5nnc(C(C)(C)C)o5)CC4)cc3[nH]2)cc1. The van der Waals surface area contributed by atoms with Crippen LogP contribution in [0.5, 0.6) is 5.75 Å². The third kappa shape index (κ3) is 5.62. The van der Waals surface area contributed by atoms with Crippen molar-refractivity contribution in [1.82, 2.24) is 24.9 Å². The molecule has 0 saturated heterocycles. The zero-order valence-corrected chi connectivity index (χ0v) is 22.2. The van der Waals surface area contributed by atoms with Gasteiger partial charge in [-0.2, -0.15) is 0 Å². The maximum absolute atomic E-state index is 13.2. The minimum atomic E-state index is -3.69. The first-order valence-electron chi connectivity index (χ1n) is 12.4. The van der Waals surface area contributed by atoms with Gasteiger partial charge in [0.1, 0.15) is 5.75 Å². The van der Waals surface area contributed by atoms with Crippen molar-refractivity contribution in [3.05, 3.63) is 54.2 Å². The number of benzene rings is 2. The molecule has 196 valence electrons. The summed E-state index contributed by atoms with van der Waals surface area (Å²) in [6.07, 6.45) is 3.00. The Kier molecular flexibility index (Phi) is 6.67. The number of imidazole rings is 1. The topological polar surface area (TPSA) is 135 Å². The highest BCUT2D eigenvalue weighted by Gasteiger charge is 2.31. The number of aromatic amines is 1. The molecule has 0 spiro atoms. The third-order valence-electron chi connectivity index (χ3n) is 6.60. The number of rotatable bonds is 7. The van der Waals surface area contributed by atoms with Crippen LogP contribution in [0.15, 0.2) is 51.8 Å². The van der Waals surface area contributed by atoms with Crippen LogP contribution in [-0.4, -0.2) is 41.7 Å². The second-order valence-electron chi connectivity index (χ2n) is 10.5. The molecule has 0 atom stereocenters. The van der Waals surface area contributed by atoms with Gasteiger partial charge in [-0.3, -0.25) is 0 Å². The standard InChI is InChI=1S/C26H32N6O4S/c1-26(2,3)24-31-30-23(36-24)16-5-7-18(8-6-16)32-37(33,34)20-13-14-21-22(15-20)29-25(28-21)27-17-9-11-19(35-4)12-10-17/h9-16,18,32H,5-8H2,1-4H3,(H2,27,28,29). The molecule has 0 radical (unpaired) electrons. The first-order chi connectivity index (χ1) is 17.6. The van der Waals surface area contributed by atoms with E-state index in [0.29, 0.717) is 41.6 Å². The molecule has 0 aliphatic heterocycles. The fourth-order valence-electron chi connectivity index (χ4n) is 4.47. The van der Waals surface area contributed by atoms with Crippen LogP contribution in [0, 0.1) is 0 Å². The van der Waals surface area contributed by atoms with Crippen molar-refractivity contribution in [2.75, 3.05) is 12.4 Å². The van der Waals surface area contributed by atoms with Gasteiger partial charge in [-0.25, -0.2) is 18.1 Å². The Morgan fingerprint density at radius 3 is 2.41 bits per heavy atom. The largest absolute Gasteiger partial charge is 0.497 e. The molecule has 11 heteroatoms. The Bertz CT molecular complexity index is 1480. The average Bonchev–Trinajstić information content (AvgIpc) is 3.51. The minimum Gasteiger partial charge on any atom is -0.497 e. The van der Waals surface area contributed by atoms with Crippen LogP contribution in [0.1, 0.15) is 64.2 Å². The number of H-pyrrole nitrogens is 1. The lowest BCUT2D eigenvalue weighted by atomic mass is 9.86. The second-order valence-corrected chi connectivity index (χ2v) is 12.2. The Hall–Kier alpha value is -3.44. The lowest BCUT2D eigenvalue weighted by Gasteiger charge is -2.27. The number of hydrogen-bond donors (Lipinski definition) is 3. The molecule has 37 heavy (non-hydrogen) atoms. The summed E-state index contributed by atoms with van der Waals surface area (Å²) in [6, 6.07) is 12.2. The molecule has 4 aromatic rings. The highest BCUT2D eigenvalue weighted by Crippen LogP contribution is 2.34. The summed E-state index contributed by atoms with van der Waals surface area (Å²) in [4.78, 5) is 7.87. The molecule has 5 rings (SSSR count). The van der Waals surface area contributed by atoms with Crippen LogP contribution in [0.2, 0.25) is 0 Å². The molecule has 2 aromatic carbocycles. The maximum Gasteiger partial charge on any atom is 0.240 e. The number of methoxy groups -OCH3 is 1. The van der Waals surface area contributed by atoms with E-state index in [0.717, 1.165) is 24.3 Å². The van der Waals surface area contributed by atoms with E-state index in [9.17, 15) is 8.42 Å². The number of sulfonamides is 1. The Morgan fingerprint density at radius 2 is 1.76 bits per heavy atom. The normalized spacial score (nSPS) is 18.7. The van der Waals surface area contributed by atoms with Gasteiger partial charge >= 0.3 is 0 Å². The van der Waals surface area contributed by atoms with E-state index in [2.05, 4.69) is 30.2 Å². The number of aromatic nitrogens is 4. The van der Waals surface area contributed by atoms with Gasteiger partial charge in [0.15, 0.2) is 0 Å². The summed E-state index contributed by atoms with van der Waals surface area (Å²) in [6.45, 7) is 6.11. The summed E-state index contributed by atoms with van der Waals surface area (Å²) in [5.74, 6) is 2.71. The number of nitrogens with zero attached hydrogens (tertiary/aromatic N) is 3. The molecule has 3 N–H and O–H groups in total. The molecular formula is C26H32N6O4S. The van der Waals surface area contributed by atoms with Crippen LogP contribution in [0.4, 0.5) is 11.6 Å². The molecular weight excluding hydrogens is 492 g/mol. The predicted octanol–water partition coefficient (Wildman–Crippen LogP) is 5.00. The van der Waals surface area contributed by atoms with Crippen molar-refractivity contribution in [2.24, 2.45) is 0 Å². The van der Waals surface area contributed by atoms with Gasteiger partial charge in [-0.05, 0) is 68.1 Å². The van der Waals surface area contributed by atoms with E-state index in [1.54, 1.807) is 25.3 Å². The van der Waals surface area contributed by atoms with Gasteiger partial charge in [0.25, 0.3) is 0 Å². The first kappa shape index (κ1) is 25.2. The number of anilines is 2. The minimum absolute atomic E-state index is 0.143. The summed E-state index contributed by atoms with van der Waals surface area (Å²) in [5.41, 5.74) is 1.94. The van der Waals surface area contributed by atoms with Crippen molar-refractivity contribution < 1.29 is 17.6 Å². The molecule has 0 unspecified atom stereocenters. The van der Waals surface area contributed by atoms with Gasteiger partial charge in [0.05, 0.1) is 23.0 Å². The molecule has 1 saturated carbocycles. The zero-order chi connectivity index (χ0) is 26.2. The van der Waals surface area contributed by atoms with Crippen molar-refractivity contribution in [1.29, 1.82) is 0 Å². The highest BCUT2D eigenvalue weighted by molar-refractivity contribution is 7.89. The van der Waals surface area contributed by atoms with Gasteiger partial charge in [-0.1, -0.05) is 20.8 Å². The molecule has 0 amide bonds. The van der Waals surface area contributed by atoms with Crippen LogP contribution in [-0.2, 0) is 15.4 Å². The Balaban J connectivity index is 1.23. The van der Waals surface area contributed by atoms with Crippen molar-refractivity contribution in [3.63, 3.8) is 0 Å². The van der Waals surface area contributed by atoms with E-state index in [4.69, 9.17) is 9.15 Å². The van der Waals surface area contributed by atoms with Crippen molar-refractivity contribution in [2.45, 2.75) is 68.7 Å². The van der Waals surface area contributed by atoms with Crippen LogP contribution in [0.25, 0.3) is 11.0 Å². The smallest absolute Gasteiger partial charge is 0.240 e. The molecule has 2 heterocycles. The number of fused-ring (bicyclic) bond motifs is 1. The molecule has 2 aromatic heterocycles. The van der Waals surface area contributed by atoms with Gasteiger partial charge in [0.2, 0.25) is 27.8 Å². The summed E-state index contributed by atoms with van der Waals surface area (Å²) in [5, 5.41) is 11.6. The number of nitrogens with one attached hydrogen (secondary N) is 3. The van der Waals surface area contributed by atoms with E-state index in [-0.39, 0.29) is 22.3 Å². The zero-order valence-electron chi connectivity index (χ0n) is 21.4. The lowest BCUT2D eigenvalue weighted by Crippen LogP contribution is -2.37. The van der Waals surface area contributed by atoms with E-state index in [1.165, 1.54) is 0 Å². The molecule has 1 aliphatic rings. The van der Waals surface area contributed by atoms with E-state index >= 15 is 0 Å². The highest BCUT2D eigenvalue weighted by atomic mass is 32.2. The average molecular weight is 525 g/mol. The summed E-state index contributed by atoms with van der Waals surface area (Å²) < 4.78 is 40.3. The summed E-state index contributed by atoms with van der Waals surface area (Å²) in [7, 11) is -2.07. The Labute approximate surface area is 216 Å². The molecule has 1 fully saturated rings. The van der Waals surface area contributed by atoms with E-state index in [1.807, 2.05) is 45.0 Å². The van der Waals surface area contributed by atoms with Crippen LogP contribution in [0.3, 0.4) is 0 Å². The first-order valence-corrected chi connectivity index (χ1v) is 13.9. The predicted molar refractivity (Wildman–Crippen MR) is 141 cm³/mol. The van der Waals surface area contributed by atoms with E-state index < -0.39 is 10.0 Å². The maximum atomic E-state index is 13.2. The fraction of sp³-hybridized carbons (Fsp3) is 0.423. The quantitative estimate of drug-likeness (QED) is 0.307. The van der Waals surface area contributed by atoms with Gasteiger partial charge < -0.3 is 19.5 Å². The number of hydrogen-bond acceptors (Lipinski definition) is 8. The second kappa shape index (κ2) is 9.79. The molecule has 1 aliphatic carbocycles. The number of ether oxygens (including phenoxy) is 1. The monoisotopic (exact) mass is 524 g/mol. The van der Waals surface area contributed by atoms with Gasteiger partial charge in [0, 0.05) is 23.1 Å². The fourth-order valence-corrected chi connectivity index (χ4v) is 5.81. The van der Waals surface area contributed by atoms with Gasteiger partial charge in [-0.15, -0.1) is 10.2 Å². The van der Waals surface area contributed by atoms with Crippen LogP contribution >= 0.6 is 0 Å². The van der Waals surface area contributed by atoms with Crippen molar-refractivity contribution in [3.8, 4) is 5.75 Å². The van der Waals surface area contributed by atoms with Crippen molar-refractivity contribution >= 4 is 32.7 Å². The summed E-state index contributed by atoms with van der Waals surface area (Å²) >= 11 is 0.